The maximum absolute atomic E-state index is 12.7. The molecule has 2 fully saturated rings. The lowest BCUT2D eigenvalue weighted by Crippen LogP contribution is -2.46. The van der Waals surface area contributed by atoms with E-state index in [0.717, 1.165) is 32.2 Å². The first-order valence-electron chi connectivity index (χ1n) is 10.5. The van der Waals surface area contributed by atoms with Gasteiger partial charge in [-0.15, -0.1) is 0 Å². The van der Waals surface area contributed by atoms with E-state index in [4.69, 9.17) is 16.3 Å². The molecule has 30 heavy (non-hydrogen) atoms. The molecule has 166 valence electrons. The Morgan fingerprint density at radius 3 is 2.37 bits per heavy atom. The van der Waals surface area contributed by atoms with Crippen molar-refractivity contribution < 1.29 is 22.7 Å². The van der Waals surface area contributed by atoms with Crippen LogP contribution in [0.5, 0.6) is 0 Å². The number of hydrogen-bond acceptors (Lipinski definition) is 5. The highest BCUT2D eigenvalue weighted by Gasteiger charge is 2.33. The number of carbonyl (C=O) groups excluding carboxylic acids is 2. The van der Waals surface area contributed by atoms with Crippen LogP contribution in [-0.2, 0) is 24.3 Å². The van der Waals surface area contributed by atoms with Crippen molar-refractivity contribution in [1.82, 2.24) is 9.21 Å². The fraction of sp³-hybridized carbons (Fsp3) is 0.619. The van der Waals surface area contributed by atoms with Crippen LogP contribution in [-0.4, -0.2) is 61.8 Å². The number of carbonyl (C=O) groups is 2. The molecule has 0 aliphatic carbocycles. The number of esters is 1. The number of rotatable bonds is 6. The minimum Gasteiger partial charge on any atom is -0.455 e. The van der Waals surface area contributed by atoms with Crippen LogP contribution in [0.2, 0.25) is 5.02 Å². The number of benzene rings is 1. The average Bonchev–Trinajstić information content (AvgIpc) is 2.77. The molecule has 1 aromatic carbocycles. The number of sulfonamides is 1. The summed E-state index contributed by atoms with van der Waals surface area (Å²) in [5.41, 5.74) is 0. The number of halogens is 1. The first-order chi connectivity index (χ1) is 14.3. The Hall–Kier alpha value is -1.64. The number of hydrogen-bond donors (Lipinski definition) is 0. The van der Waals surface area contributed by atoms with Gasteiger partial charge >= 0.3 is 5.97 Å². The smallest absolute Gasteiger partial charge is 0.309 e. The van der Waals surface area contributed by atoms with Gasteiger partial charge in [0.2, 0.25) is 10.0 Å². The van der Waals surface area contributed by atoms with Gasteiger partial charge in [-0.3, -0.25) is 9.59 Å². The van der Waals surface area contributed by atoms with Gasteiger partial charge in [0.1, 0.15) is 0 Å². The third-order valence-corrected chi connectivity index (χ3v) is 8.16. The van der Waals surface area contributed by atoms with E-state index in [2.05, 4.69) is 6.92 Å². The van der Waals surface area contributed by atoms with Crippen molar-refractivity contribution in [3.05, 3.63) is 29.3 Å². The first kappa shape index (κ1) is 23.0. The molecule has 2 saturated heterocycles. The van der Waals surface area contributed by atoms with Gasteiger partial charge in [-0.25, -0.2) is 8.42 Å². The van der Waals surface area contributed by atoms with E-state index >= 15 is 0 Å². The second-order valence-electron chi connectivity index (χ2n) is 7.88. The highest BCUT2D eigenvalue weighted by atomic mass is 35.5. The molecule has 9 heteroatoms. The quantitative estimate of drug-likeness (QED) is 0.614. The Bertz CT molecular complexity index is 851. The van der Waals surface area contributed by atoms with Crippen molar-refractivity contribution in [3.8, 4) is 0 Å². The maximum atomic E-state index is 12.7. The van der Waals surface area contributed by atoms with Crippen LogP contribution in [0.1, 0.15) is 45.4 Å². The molecule has 0 N–H and O–H groups in total. The molecule has 7 nitrogen and oxygen atoms in total. The van der Waals surface area contributed by atoms with Gasteiger partial charge in [-0.05, 0) is 62.8 Å². The number of ether oxygens (including phenoxy) is 1. The van der Waals surface area contributed by atoms with E-state index in [1.807, 2.05) is 4.90 Å². The second kappa shape index (κ2) is 10.1. The minimum absolute atomic E-state index is 0.141. The summed E-state index contributed by atoms with van der Waals surface area (Å²) in [7, 11) is -3.62. The van der Waals surface area contributed by atoms with Gasteiger partial charge in [-0.1, -0.05) is 18.5 Å². The normalized spacial score (nSPS) is 21.4. The summed E-state index contributed by atoms with van der Waals surface area (Å²) in [6.45, 7) is 3.02. The van der Waals surface area contributed by atoms with Crippen LogP contribution in [0, 0.1) is 5.92 Å². The zero-order valence-electron chi connectivity index (χ0n) is 17.3. The molecule has 0 aromatic heterocycles. The summed E-state index contributed by atoms with van der Waals surface area (Å²) >= 11 is 5.83. The van der Waals surface area contributed by atoms with E-state index in [-0.39, 0.29) is 36.5 Å². The molecule has 1 amide bonds. The number of piperidine rings is 2. The van der Waals surface area contributed by atoms with Gasteiger partial charge in [0.05, 0.1) is 10.8 Å². The van der Waals surface area contributed by atoms with Crippen LogP contribution < -0.4 is 0 Å². The summed E-state index contributed by atoms with van der Waals surface area (Å²) in [6.07, 6.45) is 4.76. The fourth-order valence-corrected chi connectivity index (χ4v) is 5.77. The zero-order chi connectivity index (χ0) is 21.7. The van der Waals surface area contributed by atoms with Gasteiger partial charge < -0.3 is 9.64 Å². The Kier molecular flexibility index (Phi) is 7.76. The van der Waals surface area contributed by atoms with Crippen molar-refractivity contribution >= 4 is 33.5 Å². The lowest BCUT2D eigenvalue weighted by atomic mass is 9.98. The SMILES string of the molecule is CCC1CCCCN1C(=O)COC(=O)C1CCN(S(=O)(=O)c2ccc(Cl)cc2)CC1. The van der Waals surface area contributed by atoms with Crippen LogP contribution in [0.4, 0.5) is 0 Å². The van der Waals surface area contributed by atoms with Crippen molar-refractivity contribution in [1.29, 1.82) is 0 Å². The third kappa shape index (κ3) is 5.34. The largest absolute Gasteiger partial charge is 0.455 e. The fourth-order valence-electron chi connectivity index (χ4n) is 4.17. The molecule has 0 spiro atoms. The van der Waals surface area contributed by atoms with E-state index in [1.165, 1.54) is 16.4 Å². The molecule has 2 aliphatic rings. The van der Waals surface area contributed by atoms with Crippen LogP contribution in [0.25, 0.3) is 0 Å². The number of amides is 1. The van der Waals surface area contributed by atoms with Crippen LogP contribution in [0.3, 0.4) is 0 Å². The highest BCUT2D eigenvalue weighted by molar-refractivity contribution is 7.89. The van der Waals surface area contributed by atoms with Gasteiger partial charge in [0.15, 0.2) is 6.61 Å². The average molecular weight is 457 g/mol. The molecule has 2 aliphatic heterocycles. The van der Waals surface area contributed by atoms with E-state index < -0.39 is 21.9 Å². The molecule has 1 aromatic rings. The first-order valence-corrected chi connectivity index (χ1v) is 12.4. The molecule has 0 saturated carbocycles. The maximum Gasteiger partial charge on any atom is 0.309 e. The molecular weight excluding hydrogens is 428 g/mol. The highest BCUT2D eigenvalue weighted by Crippen LogP contribution is 2.26. The Morgan fingerprint density at radius 1 is 1.07 bits per heavy atom. The predicted octanol–water partition coefficient (Wildman–Crippen LogP) is 3.08. The lowest BCUT2D eigenvalue weighted by molar-refractivity contribution is -0.157. The molecule has 1 unspecified atom stereocenters. The second-order valence-corrected chi connectivity index (χ2v) is 10.3. The summed E-state index contributed by atoms with van der Waals surface area (Å²) in [6, 6.07) is 6.27. The molecule has 0 radical (unpaired) electrons. The zero-order valence-corrected chi connectivity index (χ0v) is 18.8. The van der Waals surface area contributed by atoms with E-state index in [0.29, 0.717) is 17.9 Å². The van der Waals surface area contributed by atoms with Gasteiger partial charge in [0.25, 0.3) is 5.91 Å². The van der Waals surface area contributed by atoms with Crippen molar-refractivity contribution in [2.45, 2.75) is 56.4 Å². The van der Waals surface area contributed by atoms with Crippen molar-refractivity contribution in [3.63, 3.8) is 0 Å². The number of nitrogens with zero attached hydrogens (tertiary/aromatic N) is 2. The monoisotopic (exact) mass is 456 g/mol. The Balaban J connectivity index is 1.49. The van der Waals surface area contributed by atoms with Crippen molar-refractivity contribution in [2.24, 2.45) is 5.92 Å². The van der Waals surface area contributed by atoms with E-state index in [1.54, 1.807) is 12.1 Å². The molecule has 3 rings (SSSR count). The van der Waals surface area contributed by atoms with Gasteiger partial charge in [-0.2, -0.15) is 4.31 Å². The molecule has 2 heterocycles. The van der Waals surface area contributed by atoms with E-state index in [9.17, 15) is 18.0 Å². The summed E-state index contributed by atoms with van der Waals surface area (Å²) in [4.78, 5) is 26.9. The molecule has 0 bridgehead atoms. The number of likely N-dealkylation sites (tertiary alicyclic amines) is 1. The minimum atomic E-state index is -3.62. The predicted molar refractivity (Wildman–Crippen MR) is 114 cm³/mol. The standard InChI is InChI=1S/C21H29ClN2O5S/c1-2-18-5-3-4-12-24(18)20(25)15-29-21(26)16-10-13-23(14-11-16)30(27,28)19-8-6-17(22)7-9-19/h6-9,16,18H,2-5,10-15H2,1H3. The summed E-state index contributed by atoms with van der Waals surface area (Å²) in [5, 5.41) is 0.472. The Labute approximate surface area is 183 Å². The third-order valence-electron chi connectivity index (χ3n) is 6.00. The topological polar surface area (TPSA) is 84.0 Å². The summed E-state index contributed by atoms with van der Waals surface area (Å²) in [5.74, 6) is -0.951. The Morgan fingerprint density at radius 2 is 1.73 bits per heavy atom. The van der Waals surface area contributed by atoms with Gasteiger partial charge in [0, 0.05) is 30.7 Å². The molecule has 1 atom stereocenters. The van der Waals surface area contributed by atoms with Crippen molar-refractivity contribution in [2.75, 3.05) is 26.2 Å². The lowest BCUT2D eigenvalue weighted by Gasteiger charge is -2.35. The van der Waals surface area contributed by atoms with Crippen LogP contribution in [0.15, 0.2) is 29.2 Å². The molecular formula is C21H29ClN2O5S. The van der Waals surface area contributed by atoms with Crippen LogP contribution >= 0.6 is 11.6 Å². The summed E-state index contributed by atoms with van der Waals surface area (Å²) < 4.78 is 32.2.